The molecule has 0 fully saturated rings. The number of H-pyrrole nitrogens is 2. The van der Waals surface area contributed by atoms with Crippen LogP contribution in [0.1, 0.15) is 0 Å². The highest BCUT2D eigenvalue weighted by Crippen LogP contribution is 2.27. The van der Waals surface area contributed by atoms with Crippen LogP contribution in [-0.2, 0) is 10.1 Å². The normalized spacial score (nSPS) is 12.1. The molecule has 1 aromatic heterocycles. The highest BCUT2D eigenvalue weighted by Gasteiger charge is 2.18. The second-order valence-corrected chi connectivity index (χ2v) is 5.62. The first-order chi connectivity index (χ1) is 9.38. The zero-order chi connectivity index (χ0) is 14.5. The molecule has 3 rings (SSSR count). The largest absolute Gasteiger partial charge is 0.326 e. The van der Waals surface area contributed by atoms with Crippen molar-refractivity contribution in [2.45, 2.75) is 4.90 Å². The molecule has 0 atom stereocenters. The molecule has 0 spiro atoms. The van der Waals surface area contributed by atoms with Crippen molar-refractivity contribution in [1.82, 2.24) is 9.97 Å². The minimum absolute atomic E-state index is 0.0464. The van der Waals surface area contributed by atoms with Gasteiger partial charge in [-0.2, -0.15) is 8.42 Å². The monoisotopic (exact) mass is 292 g/mol. The lowest BCUT2D eigenvalue weighted by Crippen LogP contribution is -2.22. The molecule has 0 radical (unpaired) electrons. The third-order valence-electron chi connectivity index (χ3n) is 2.99. The summed E-state index contributed by atoms with van der Waals surface area (Å²) in [5.74, 6) is 0. The van der Waals surface area contributed by atoms with Gasteiger partial charge in [-0.1, -0.05) is 24.3 Å². The average molecular weight is 292 g/mol. The highest BCUT2D eigenvalue weighted by atomic mass is 32.2. The molecule has 7 nitrogen and oxygen atoms in total. The molecule has 2 aromatic carbocycles. The zero-order valence-electron chi connectivity index (χ0n) is 9.88. The maximum absolute atomic E-state index is 11.9. The van der Waals surface area contributed by atoms with E-state index in [1.807, 2.05) is 0 Å². The second kappa shape index (κ2) is 4.02. The molecule has 0 unspecified atom stereocenters. The summed E-state index contributed by atoms with van der Waals surface area (Å²) in [5.41, 5.74) is -1.33. The minimum atomic E-state index is -4.48. The van der Waals surface area contributed by atoms with Crippen molar-refractivity contribution in [2.75, 3.05) is 0 Å². The van der Waals surface area contributed by atoms with Gasteiger partial charge in [-0.25, -0.2) is 4.79 Å². The summed E-state index contributed by atoms with van der Waals surface area (Å²) < 4.78 is 32.2. The topological polar surface area (TPSA) is 120 Å². The van der Waals surface area contributed by atoms with Crippen LogP contribution < -0.4 is 11.2 Å². The Bertz CT molecular complexity index is 1060. The fourth-order valence-corrected chi connectivity index (χ4v) is 2.94. The van der Waals surface area contributed by atoms with Crippen LogP contribution in [0.25, 0.3) is 21.7 Å². The van der Waals surface area contributed by atoms with Gasteiger partial charge in [0.15, 0.2) is 0 Å². The Kier molecular flexibility index (Phi) is 2.53. The van der Waals surface area contributed by atoms with E-state index >= 15 is 0 Å². The molecular formula is C12H8N2O5S. The van der Waals surface area contributed by atoms with E-state index in [1.54, 1.807) is 18.2 Å². The van der Waals surface area contributed by atoms with Crippen LogP contribution in [0.2, 0.25) is 0 Å². The highest BCUT2D eigenvalue weighted by molar-refractivity contribution is 7.86. The number of aromatic nitrogens is 2. The van der Waals surface area contributed by atoms with Gasteiger partial charge in [0.05, 0.1) is 10.9 Å². The van der Waals surface area contributed by atoms with E-state index in [0.717, 1.165) is 6.07 Å². The Morgan fingerprint density at radius 2 is 1.65 bits per heavy atom. The number of hydrogen-bond donors (Lipinski definition) is 3. The van der Waals surface area contributed by atoms with Crippen molar-refractivity contribution in [2.24, 2.45) is 0 Å². The summed E-state index contributed by atoms with van der Waals surface area (Å²) in [6.07, 6.45) is 0. The average Bonchev–Trinajstić information content (AvgIpc) is 2.35. The SMILES string of the molecule is O=c1[nH]c(=O)c2c(cc(S(=O)(=O)O)c3ccccc32)[nH]1. The van der Waals surface area contributed by atoms with Gasteiger partial charge in [0, 0.05) is 5.39 Å². The van der Waals surface area contributed by atoms with E-state index in [-0.39, 0.29) is 21.2 Å². The van der Waals surface area contributed by atoms with Crippen molar-refractivity contribution < 1.29 is 13.0 Å². The zero-order valence-corrected chi connectivity index (χ0v) is 10.7. The van der Waals surface area contributed by atoms with Crippen LogP contribution in [0.15, 0.2) is 44.8 Å². The van der Waals surface area contributed by atoms with Crippen LogP contribution in [-0.4, -0.2) is 22.9 Å². The third kappa shape index (κ3) is 1.82. The summed E-state index contributed by atoms with van der Waals surface area (Å²) in [5, 5.41) is 0.697. The Balaban J connectivity index is 2.73. The van der Waals surface area contributed by atoms with Gasteiger partial charge in [-0.15, -0.1) is 0 Å². The maximum atomic E-state index is 11.9. The predicted octanol–water partition coefficient (Wildman–Crippen LogP) is 0.616. The predicted molar refractivity (Wildman–Crippen MR) is 72.5 cm³/mol. The number of nitrogens with one attached hydrogen (secondary N) is 2. The third-order valence-corrected chi connectivity index (χ3v) is 3.88. The van der Waals surface area contributed by atoms with E-state index < -0.39 is 21.4 Å². The van der Waals surface area contributed by atoms with Gasteiger partial charge in [-0.3, -0.25) is 14.3 Å². The number of fused-ring (bicyclic) bond motifs is 3. The van der Waals surface area contributed by atoms with Gasteiger partial charge in [-0.05, 0) is 11.5 Å². The molecule has 0 saturated carbocycles. The molecule has 0 bridgehead atoms. The Hall–Kier alpha value is -2.45. The second-order valence-electron chi connectivity index (χ2n) is 4.23. The van der Waals surface area contributed by atoms with Crippen molar-refractivity contribution in [3.63, 3.8) is 0 Å². The molecule has 0 aliphatic heterocycles. The lowest BCUT2D eigenvalue weighted by Gasteiger charge is -2.07. The van der Waals surface area contributed by atoms with Crippen molar-refractivity contribution >= 4 is 31.8 Å². The Morgan fingerprint density at radius 3 is 2.30 bits per heavy atom. The summed E-state index contributed by atoms with van der Waals surface area (Å²) in [7, 11) is -4.48. The Morgan fingerprint density at radius 1 is 1.00 bits per heavy atom. The van der Waals surface area contributed by atoms with E-state index in [9.17, 15) is 22.6 Å². The maximum Gasteiger partial charge on any atom is 0.326 e. The number of hydrogen-bond acceptors (Lipinski definition) is 4. The van der Waals surface area contributed by atoms with E-state index in [0.29, 0.717) is 5.39 Å². The Labute approximate surface area is 111 Å². The van der Waals surface area contributed by atoms with Crippen LogP contribution in [0.3, 0.4) is 0 Å². The van der Waals surface area contributed by atoms with Gasteiger partial charge < -0.3 is 4.98 Å². The lowest BCUT2D eigenvalue weighted by atomic mass is 10.1. The summed E-state index contributed by atoms with van der Waals surface area (Å²) in [6.45, 7) is 0. The molecule has 0 amide bonds. The number of benzene rings is 2. The first kappa shape index (κ1) is 12.6. The van der Waals surface area contributed by atoms with Crippen molar-refractivity contribution in [3.8, 4) is 0 Å². The molecule has 3 N–H and O–H groups in total. The van der Waals surface area contributed by atoms with Crippen molar-refractivity contribution in [1.29, 1.82) is 0 Å². The molecule has 3 aromatic rings. The van der Waals surface area contributed by atoms with Gasteiger partial charge >= 0.3 is 5.69 Å². The quantitative estimate of drug-likeness (QED) is 0.448. The number of aromatic amines is 2. The van der Waals surface area contributed by atoms with Crippen molar-refractivity contribution in [3.05, 3.63) is 51.2 Å². The lowest BCUT2D eigenvalue weighted by molar-refractivity contribution is 0.484. The summed E-state index contributed by atoms with van der Waals surface area (Å²) >= 11 is 0. The van der Waals surface area contributed by atoms with Gasteiger partial charge in [0.25, 0.3) is 15.7 Å². The van der Waals surface area contributed by atoms with E-state index in [1.165, 1.54) is 6.07 Å². The molecule has 8 heteroatoms. The first-order valence-corrected chi connectivity index (χ1v) is 6.97. The molecular weight excluding hydrogens is 284 g/mol. The molecule has 0 aliphatic carbocycles. The van der Waals surface area contributed by atoms with Crippen LogP contribution in [0.4, 0.5) is 0 Å². The molecule has 102 valence electrons. The molecule has 0 aliphatic rings. The van der Waals surface area contributed by atoms with Crippen LogP contribution >= 0.6 is 0 Å². The van der Waals surface area contributed by atoms with E-state index in [4.69, 9.17) is 0 Å². The minimum Gasteiger partial charge on any atom is -0.307 e. The van der Waals surface area contributed by atoms with Crippen LogP contribution in [0, 0.1) is 0 Å². The first-order valence-electron chi connectivity index (χ1n) is 5.53. The smallest absolute Gasteiger partial charge is 0.307 e. The van der Waals surface area contributed by atoms with Gasteiger partial charge in [0.1, 0.15) is 4.90 Å². The molecule has 1 heterocycles. The van der Waals surface area contributed by atoms with Crippen LogP contribution in [0.5, 0.6) is 0 Å². The van der Waals surface area contributed by atoms with E-state index in [2.05, 4.69) is 9.97 Å². The molecule has 20 heavy (non-hydrogen) atoms. The fourth-order valence-electron chi connectivity index (χ4n) is 2.22. The summed E-state index contributed by atoms with van der Waals surface area (Å²) in [6, 6.07) is 7.30. The standard InChI is InChI=1S/C12H8N2O5S/c15-11-10-7-4-2-1-3-6(7)9(20(17,18)19)5-8(10)13-12(16)14-11/h1-5H,(H,17,18,19)(H2,13,14,15,16). The number of rotatable bonds is 1. The van der Waals surface area contributed by atoms with Gasteiger partial charge in [0.2, 0.25) is 0 Å². The summed E-state index contributed by atoms with van der Waals surface area (Å²) in [4.78, 5) is 27.2. The molecule has 0 saturated heterocycles. The fraction of sp³-hybridized carbons (Fsp3) is 0.